The molecule has 1 rings (SSSR count). The minimum atomic E-state index is -0.856. The zero-order valence-electron chi connectivity index (χ0n) is 9.62. The first-order chi connectivity index (χ1) is 6.95. The molecule has 0 fully saturated rings. The largest absolute Gasteiger partial charge is 0.326 e. The predicted molar refractivity (Wildman–Crippen MR) is 65.9 cm³/mol. The van der Waals surface area contributed by atoms with Crippen LogP contribution >= 0.6 is 0 Å². The fraction of sp³-hybridized carbons (Fsp3) is 0.500. The summed E-state index contributed by atoms with van der Waals surface area (Å²) in [4.78, 5) is 0. The minimum absolute atomic E-state index is 0.165. The first kappa shape index (κ1) is 12.4. The van der Waals surface area contributed by atoms with E-state index < -0.39 is 10.8 Å². The highest BCUT2D eigenvalue weighted by molar-refractivity contribution is 7.85. The summed E-state index contributed by atoms with van der Waals surface area (Å²) in [5.41, 5.74) is 7.83. The van der Waals surface area contributed by atoms with E-state index in [4.69, 9.17) is 5.73 Å². The van der Waals surface area contributed by atoms with Crippen molar-refractivity contribution in [2.45, 2.75) is 37.8 Å². The Labute approximate surface area is 94.3 Å². The number of hydrogen-bond donors (Lipinski definition) is 1. The fourth-order valence-electron chi connectivity index (χ4n) is 1.26. The molecule has 0 saturated heterocycles. The van der Waals surface area contributed by atoms with Crippen LogP contribution in [0.4, 0.5) is 0 Å². The van der Waals surface area contributed by atoms with Gasteiger partial charge in [0.1, 0.15) is 0 Å². The van der Waals surface area contributed by atoms with Crippen LogP contribution in [0.25, 0.3) is 0 Å². The van der Waals surface area contributed by atoms with Gasteiger partial charge in [0.25, 0.3) is 0 Å². The summed E-state index contributed by atoms with van der Waals surface area (Å²) in [7, 11) is -0.856. The Balaban J connectivity index is 2.85. The average Bonchev–Trinajstić information content (AvgIpc) is 2.17. The van der Waals surface area contributed by atoms with E-state index in [0.717, 1.165) is 11.1 Å². The number of benzene rings is 1. The summed E-state index contributed by atoms with van der Waals surface area (Å²) in [6.07, 6.45) is 0. The van der Waals surface area contributed by atoms with Crippen molar-refractivity contribution in [3.8, 4) is 0 Å². The van der Waals surface area contributed by atoms with Gasteiger partial charge in [-0.3, -0.25) is 4.21 Å². The number of rotatable bonds is 3. The molecule has 0 aliphatic heterocycles. The summed E-state index contributed by atoms with van der Waals surface area (Å²) in [5.74, 6) is 0.594. The van der Waals surface area contributed by atoms with Crippen molar-refractivity contribution in [3.05, 3.63) is 35.4 Å². The van der Waals surface area contributed by atoms with E-state index in [1.807, 2.05) is 45.0 Å². The smallest absolute Gasteiger partial charge is 0.0494 e. The van der Waals surface area contributed by atoms with Crippen LogP contribution in [-0.4, -0.2) is 8.96 Å². The molecule has 1 aromatic rings. The lowest BCUT2D eigenvalue weighted by molar-refractivity contribution is 0.648. The van der Waals surface area contributed by atoms with Crippen molar-refractivity contribution in [3.63, 3.8) is 0 Å². The maximum Gasteiger partial charge on any atom is 0.0494 e. The van der Waals surface area contributed by atoms with E-state index in [0.29, 0.717) is 12.3 Å². The Morgan fingerprint density at radius 2 is 1.73 bits per heavy atom. The third-order valence-corrected chi connectivity index (χ3v) is 4.25. The van der Waals surface area contributed by atoms with Crippen LogP contribution in [0.15, 0.2) is 24.3 Å². The molecule has 2 nitrogen and oxygen atoms in total. The molecule has 0 aliphatic carbocycles. The highest BCUT2D eigenvalue weighted by Gasteiger charge is 2.20. The Morgan fingerprint density at radius 1 is 1.20 bits per heavy atom. The van der Waals surface area contributed by atoms with Crippen LogP contribution < -0.4 is 5.73 Å². The zero-order valence-corrected chi connectivity index (χ0v) is 10.4. The summed E-state index contributed by atoms with van der Waals surface area (Å²) in [5, 5.41) is 0. The normalized spacial score (nSPS) is 13.9. The van der Waals surface area contributed by atoms with Gasteiger partial charge in [0.05, 0.1) is 0 Å². The van der Waals surface area contributed by atoms with Crippen molar-refractivity contribution in [1.29, 1.82) is 0 Å². The van der Waals surface area contributed by atoms with Crippen LogP contribution in [0.3, 0.4) is 0 Å². The molecule has 15 heavy (non-hydrogen) atoms. The van der Waals surface area contributed by atoms with Crippen LogP contribution in [-0.2, 0) is 23.1 Å². The van der Waals surface area contributed by atoms with E-state index in [1.54, 1.807) is 0 Å². The molecule has 1 unspecified atom stereocenters. The second kappa shape index (κ2) is 4.90. The van der Waals surface area contributed by atoms with Crippen LogP contribution in [0.1, 0.15) is 31.9 Å². The summed E-state index contributed by atoms with van der Waals surface area (Å²) in [6, 6.07) is 7.93. The van der Waals surface area contributed by atoms with Crippen molar-refractivity contribution < 1.29 is 4.21 Å². The first-order valence-electron chi connectivity index (χ1n) is 5.10. The minimum Gasteiger partial charge on any atom is -0.326 e. The molecule has 3 heteroatoms. The summed E-state index contributed by atoms with van der Waals surface area (Å²) in [6.45, 7) is 6.49. The Kier molecular flexibility index (Phi) is 4.05. The van der Waals surface area contributed by atoms with Gasteiger partial charge in [0.2, 0.25) is 0 Å². The van der Waals surface area contributed by atoms with Gasteiger partial charge in [-0.1, -0.05) is 24.3 Å². The molecule has 0 bridgehead atoms. The SMILES string of the molecule is CC(C)(C)S(=O)Cc1ccccc1CN. The summed E-state index contributed by atoms with van der Waals surface area (Å²) >= 11 is 0. The van der Waals surface area contributed by atoms with E-state index in [-0.39, 0.29) is 4.75 Å². The quantitative estimate of drug-likeness (QED) is 0.857. The van der Waals surface area contributed by atoms with Crippen molar-refractivity contribution in [2.24, 2.45) is 5.73 Å². The maximum atomic E-state index is 12.0. The van der Waals surface area contributed by atoms with Crippen LogP contribution in [0.2, 0.25) is 0 Å². The first-order valence-corrected chi connectivity index (χ1v) is 6.42. The monoisotopic (exact) mass is 225 g/mol. The molecular formula is C12H19NOS. The van der Waals surface area contributed by atoms with Crippen LogP contribution in [0.5, 0.6) is 0 Å². The van der Waals surface area contributed by atoms with E-state index >= 15 is 0 Å². The topological polar surface area (TPSA) is 43.1 Å². The van der Waals surface area contributed by atoms with E-state index in [1.165, 1.54) is 0 Å². The Morgan fingerprint density at radius 3 is 2.20 bits per heavy atom. The van der Waals surface area contributed by atoms with E-state index in [2.05, 4.69) is 0 Å². The van der Waals surface area contributed by atoms with Crippen LogP contribution in [0, 0.1) is 0 Å². The molecule has 2 N–H and O–H groups in total. The molecule has 0 aliphatic rings. The van der Waals surface area contributed by atoms with Crippen molar-refractivity contribution in [1.82, 2.24) is 0 Å². The lowest BCUT2D eigenvalue weighted by Gasteiger charge is -2.18. The predicted octanol–water partition coefficient (Wildman–Crippen LogP) is 2.19. The lowest BCUT2D eigenvalue weighted by atomic mass is 10.1. The molecule has 0 spiro atoms. The molecule has 0 saturated carbocycles. The van der Waals surface area contributed by atoms with E-state index in [9.17, 15) is 4.21 Å². The second-order valence-electron chi connectivity index (χ2n) is 4.58. The average molecular weight is 225 g/mol. The molecule has 0 radical (unpaired) electrons. The molecule has 1 atom stereocenters. The molecular weight excluding hydrogens is 206 g/mol. The van der Waals surface area contributed by atoms with Gasteiger partial charge in [-0.25, -0.2) is 0 Å². The van der Waals surface area contributed by atoms with Crippen molar-refractivity contribution in [2.75, 3.05) is 0 Å². The molecule has 0 heterocycles. The van der Waals surface area contributed by atoms with Gasteiger partial charge in [-0.15, -0.1) is 0 Å². The molecule has 0 aromatic heterocycles. The number of nitrogens with two attached hydrogens (primary N) is 1. The summed E-state index contributed by atoms with van der Waals surface area (Å²) < 4.78 is 11.8. The third kappa shape index (κ3) is 3.43. The highest BCUT2D eigenvalue weighted by Crippen LogP contribution is 2.18. The zero-order chi connectivity index (χ0) is 11.5. The van der Waals surface area contributed by atoms with Gasteiger partial charge >= 0.3 is 0 Å². The third-order valence-electron chi connectivity index (χ3n) is 2.31. The second-order valence-corrected chi connectivity index (χ2v) is 6.78. The molecule has 0 amide bonds. The standard InChI is InChI=1S/C12H19NOS/c1-12(2,3)15(14)9-11-7-5-4-6-10(11)8-13/h4-7H,8-9,13H2,1-3H3. The molecule has 84 valence electrons. The fourth-order valence-corrected chi connectivity index (χ4v) is 2.25. The van der Waals surface area contributed by atoms with Crippen molar-refractivity contribution >= 4 is 10.8 Å². The molecule has 1 aromatic carbocycles. The van der Waals surface area contributed by atoms with Gasteiger partial charge in [0, 0.05) is 27.8 Å². The van der Waals surface area contributed by atoms with Gasteiger partial charge in [-0.2, -0.15) is 0 Å². The van der Waals surface area contributed by atoms with Gasteiger partial charge in [-0.05, 0) is 31.9 Å². The maximum absolute atomic E-state index is 12.0. The van der Waals surface area contributed by atoms with Gasteiger partial charge < -0.3 is 5.73 Å². The van der Waals surface area contributed by atoms with Gasteiger partial charge in [0.15, 0.2) is 0 Å². The lowest BCUT2D eigenvalue weighted by Crippen LogP contribution is -2.23. The highest BCUT2D eigenvalue weighted by atomic mass is 32.2. The Hall–Kier alpha value is -0.670. The number of hydrogen-bond acceptors (Lipinski definition) is 2. The Bertz CT molecular complexity index is 355.